The third kappa shape index (κ3) is 2.50. The number of aromatic nitrogens is 4. The summed E-state index contributed by atoms with van der Waals surface area (Å²) in [7, 11) is 1.76. The second kappa shape index (κ2) is 5.41. The van der Waals surface area contributed by atoms with Gasteiger partial charge in [-0.15, -0.1) is 0 Å². The molecule has 0 fully saturated rings. The van der Waals surface area contributed by atoms with Gasteiger partial charge in [-0.1, -0.05) is 11.6 Å². The summed E-state index contributed by atoms with van der Waals surface area (Å²) in [6.07, 6.45) is 1.58. The highest BCUT2D eigenvalue weighted by Crippen LogP contribution is 2.29. The molecule has 0 radical (unpaired) electrons. The molecule has 0 bridgehead atoms. The minimum Gasteiger partial charge on any atom is -0.357 e. The molecule has 0 unspecified atom stereocenters. The molecule has 0 saturated carbocycles. The Bertz CT molecular complexity index is 772. The molecule has 0 spiro atoms. The summed E-state index contributed by atoms with van der Waals surface area (Å²) in [5.74, 6) is 1.12. The van der Waals surface area contributed by atoms with Crippen LogP contribution in [-0.4, -0.2) is 27.0 Å². The van der Waals surface area contributed by atoms with Crippen molar-refractivity contribution in [3.8, 4) is 0 Å². The number of fused-ring (bicyclic) bond motifs is 1. The second-order valence-corrected chi connectivity index (χ2v) is 5.65. The summed E-state index contributed by atoms with van der Waals surface area (Å²) < 4.78 is 1.07. The molecule has 2 heterocycles. The maximum Gasteiger partial charge on any atom is 0.226 e. The van der Waals surface area contributed by atoms with Crippen molar-refractivity contribution < 1.29 is 0 Å². The number of hydrogen-bond acceptors (Lipinski definition) is 5. The van der Waals surface area contributed by atoms with Gasteiger partial charge in [0.1, 0.15) is 5.52 Å². The topological polar surface area (TPSA) is 78.5 Å². The van der Waals surface area contributed by atoms with Crippen molar-refractivity contribution in [1.82, 2.24) is 19.9 Å². The van der Waals surface area contributed by atoms with Crippen molar-refractivity contribution >= 4 is 62.8 Å². The number of H-pyrrole nitrogens is 1. The van der Waals surface area contributed by atoms with Crippen LogP contribution in [0.1, 0.15) is 0 Å². The highest BCUT2D eigenvalue weighted by Gasteiger charge is 2.11. The summed E-state index contributed by atoms with van der Waals surface area (Å²) in [6, 6.07) is 5.77. The van der Waals surface area contributed by atoms with E-state index in [2.05, 4.69) is 53.2 Å². The zero-order valence-corrected chi connectivity index (χ0v) is 13.3. The van der Waals surface area contributed by atoms with Gasteiger partial charge in [-0.2, -0.15) is 9.97 Å². The highest BCUT2D eigenvalue weighted by molar-refractivity contribution is 14.1. The molecule has 2 aromatic heterocycles. The van der Waals surface area contributed by atoms with Crippen LogP contribution in [0.25, 0.3) is 11.2 Å². The lowest BCUT2D eigenvalue weighted by atomic mass is 10.3. The van der Waals surface area contributed by atoms with Crippen LogP contribution >= 0.6 is 34.2 Å². The molecule has 102 valence electrons. The number of benzene rings is 1. The fraction of sp³-hybridized carbons (Fsp3) is 0.0833. The molecule has 0 saturated heterocycles. The third-order valence-electron chi connectivity index (χ3n) is 2.69. The van der Waals surface area contributed by atoms with Crippen LogP contribution in [0.5, 0.6) is 0 Å². The molecule has 6 nitrogen and oxygen atoms in total. The van der Waals surface area contributed by atoms with Gasteiger partial charge in [-0.3, -0.25) is 0 Å². The van der Waals surface area contributed by atoms with Crippen LogP contribution in [0.15, 0.2) is 24.5 Å². The second-order valence-electron chi connectivity index (χ2n) is 4.00. The number of imidazole rings is 1. The van der Waals surface area contributed by atoms with Gasteiger partial charge in [-0.25, -0.2) is 4.98 Å². The Kier molecular flexibility index (Phi) is 3.62. The van der Waals surface area contributed by atoms with Crippen molar-refractivity contribution in [2.45, 2.75) is 0 Å². The van der Waals surface area contributed by atoms with E-state index in [0.717, 1.165) is 14.8 Å². The molecule has 0 aliphatic rings. The van der Waals surface area contributed by atoms with Crippen LogP contribution in [0.2, 0.25) is 5.02 Å². The van der Waals surface area contributed by atoms with E-state index in [-0.39, 0.29) is 0 Å². The van der Waals surface area contributed by atoms with E-state index in [4.69, 9.17) is 11.6 Å². The Morgan fingerprint density at radius 2 is 2.15 bits per heavy atom. The number of aromatic amines is 1. The van der Waals surface area contributed by atoms with Crippen molar-refractivity contribution in [2.75, 3.05) is 17.7 Å². The summed E-state index contributed by atoms with van der Waals surface area (Å²) in [5.41, 5.74) is 2.11. The highest BCUT2D eigenvalue weighted by atomic mass is 127. The van der Waals surface area contributed by atoms with Crippen molar-refractivity contribution in [3.63, 3.8) is 0 Å². The van der Waals surface area contributed by atoms with Gasteiger partial charge < -0.3 is 15.6 Å². The molecule has 1 aromatic carbocycles. The lowest BCUT2D eigenvalue weighted by Gasteiger charge is -2.09. The van der Waals surface area contributed by atoms with E-state index in [1.165, 1.54) is 0 Å². The number of hydrogen-bond donors (Lipinski definition) is 3. The Hall–Kier alpha value is -1.61. The smallest absolute Gasteiger partial charge is 0.226 e. The molecule has 0 amide bonds. The average molecular weight is 401 g/mol. The number of nitrogens with one attached hydrogen (secondary N) is 3. The van der Waals surface area contributed by atoms with Crippen LogP contribution in [0.3, 0.4) is 0 Å². The van der Waals surface area contributed by atoms with Crippen LogP contribution in [0, 0.1) is 3.57 Å². The first kappa shape index (κ1) is 13.4. The summed E-state index contributed by atoms with van der Waals surface area (Å²) in [5, 5.41) is 6.75. The molecule has 0 aliphatic carbocycles. The predicted molar refractivity (Wildman–Crippen MR) is 88.7 cm³/mol. The Labute approximate surface area is 133 Å². The molecule has 0 atom stereocenters. The molecule has 8 heteroatoms. The normalized spacial score (nSPS) is 10.8. The van der Waals surface area contributed by atoms with Gasteiger partial charge in [0.25, 0.3) is 0 Å². The lowest BCUT2D eigenvalue weighted by Crippen LogP contribution is -2.02. The maximum atomic E-state index is 6.23. The van der Waals surface area contributed by atoms with Gasteiger partial charge in [0.2, 0.25) is 5.95 Å². The standard InChI is InChI=1S/C12H10ClIN6/c1-15-12-19-10-9(16-5-17-10)11(20-12)18-8-3-2-6(14)4-7(8)13/h2-5H,1H3,(H3,15,16,17,18,19,20). The summed E-state index contributed by atoms with van der Waals surface area (Å²) in [6.45, 7) is 0. The first-order valence-electron chi connectivity index (χ1n) is 5.78. The number of halogens is 2. The number of nitrogens with zero attached hydrogens (tertiary/aromatic N) is 3. The van der Waals surface area contributed by atoms with Gasteiger partial charge in [0.05, 0.1) is 17.0 Å². The number of anilines is 3. The fourth-order valence-corrected chi connectivity index (χ4v) is 2.66. The molecular weight excluding hydrogens is 391 g/mol. The number of rotatable bonds is 3. The Morgan fingerprint density at radius 1 is 1.30 bits per heavy atom. The summed E-state index contributed by atoms with van der Waals surface area (Å²) in [4.78, 5) is 15.8. The van der Waals surface area contributed by atoms with E-state index in [1.807, 2.05) is 18.2 Å². The zero-order valence-electron chi connectivity index (χ0n) is 10.4. The van der Waals surface area contributed by atoms with Crippen LogP contribution in [0.4, 0.5) is 17.5 Å². The van der Waals surface area contributed by atoms with Crippen LogP contribution in [-0.2, 0) is 0 Å². The lowest BCUT2D eigenvalue weighted by molar-refractivity contribution is 1.18. The molecule has 20 heavy (non-hydrogen) atoms. The van der Waals surface area contributed by atoms with Gasteiger partial charge in [0, 0.05) is 10.6 Å². The molecule has 3 N–H and O–H groups in total. The fourth-order valence-electron chi connectivity index (χ4n) is 1.75. The van der Waals surface area contributed by atoms with E-state index in [9.17, 15) is 0 Å². The van der Waals surface area contributed by atoms with E-state index < -0.39 is 0 Å². The van der Waals surface area contributed by atoms with E-state index in [1.54, 1.807) is 13.4 Å². The third-order valence-corrected chi connectivity index (χ3v) is 3.68. The van der Waals surface area contributed by atoms with Gasteiger partial charge in [-0.05, 0) is 40.8 Å². The van der Waals surface area contributed by atoms with Crippen molar-refractivity contribution in [2.24, 2.45) is 0 Å². The Balaban J connectivity index is 2.07. The monoisotopic (exact) mass is 400 g/mol. The largest absolute Gasteiger partial charge is 0.357 e. The van der Waals surface area contributed by atoms with Crippen molar-refractivity contribution in [1.29, 1.82) is 0 Å². The average Bonchev–Trinajstić information content (AvgIpc) is 2.90. The first-order chi connectivity index (χ1) is 9.67. The molecule has 3 aromatic rings. The van der Waals surface area contributed by atoms with E-state index in [0.29, 0.717) is 22.4 Å². The van der Waals surface area contributed by atoms with Crippen LogP contribution < -0.4 is 10.6 Å². The molecule has 0 aliphatic heterocycles. The first-order valence-corrected chi connectivity index (χ1v) is 7.24. The molecular formula is C12H10ClIN6. The van der Waals surface area contributed by atoms with E-state index >= 15 is 0 Å². The summed E-state index contributed by atoms with van der Waals surface area (Å²) >= 11 is 8.44. The minimum atomic E-state index is 0.494. The maximum absolute atomic E-state index is 6.23. The SMILES string of the molecule is CNc1nc(Nc2ccc(I)cc2Cl)c2[nH]cnc2n1. The molecule has 3 rings (SSSR count). The minimum absolute atomic E-state index is 0.494. The quantitative estimate of drug-likeness (QED) is 0.587. The van der Waals surface area contributed by atoms with Crippen molar-refractivity contribution in [3.05, 3.63) is 33.1 Å². The Morgan fingerprint density at radius 3 is 2.90 bits per heavy atom. The predicted octanol–water partition coefficient (Wildman–Crippen LogP) is 3.40. The van der Waals surface area contributed by atoms with Gasteiger partial charge in [0.15, 0.2) is 11.5 Å². The zero-order chi connectivity index (χ0) is 14.1. The van der Waals surface area contributed by atoms with Gasteiger partial charge >= 0.3 is 0 Å².